The van der Waals surface area contributed by atoms with Crippen LogP contribution in [0.5, 0.6) is 0 Å². The fourth-order valence-electron chi connectivity index (χ4n) is 3.20. The molecule has 0 bridgehead atoms. The maximum Gasteiger partial charge on any atom is 0.416 e. The minimum atomic E-state index is -4.37. The van der Waals surface area contributed by atoms with Crippen LogP contribution in [-0.4, -0.2) is 26.4 Å². The van der Waals surface area contributed by atoms with E-state index in [1.165, 1.54) is 18.2 Å². The zero-order chi connectivity index (χ0) is 19.7. The summed E-state index contributed by atoms with van der Waals surface area (Å²) in [7, 11) is 0. The number of hydrogen-bond donors (Lipinski definition) is 0. The predicted octanol–water partition coefficient (Wildman–Crippen LogP) is 4.25. The molecule has 3 aromatic rings. The quantitative estimate of drug-likeness (QED) is 0.629. The van der Waals surface area contributed by atoms with Gasteiger partial charge in [-0.1, -0.05) is 12.1 Å². The van der Waals surface area contributed by atoms with Crippen molar-refractivity contribution >= 4 is 0 Å². The first-order valence-electron chi connectivity index (χ1n) is 8.74. The number of fused-ring (bicyclic) bond motifs is 1. The Hall–Kier alpha value is -2.87. The maximum atomic E-state index is 13.8. The summed E-state index contributed by atoms with van der Waals surface area (Å²) in [5.41, 5.74) is 2.02. The topological polar surface area (TPSA) is 41.9 Å². The van der Waals surface area contributed by atoms with Gasteiger partial charge in [0, 0.05) is 49.6 Å². The van der Waals surface area contributed by atoms with Gasteiger partial charge in [0.1, 0.15) is 5.82 Å². The number of benzene rings is 1. The zero-order valence-electron chi connectivity index (χ0n) is 14.7. The first-order chi connectivity index (χ1) is 13.4. The highest BCUT2D eigenvalue weighted by atomic mass is 19.4. The smallest absolute Gasteiger partial charge is 0.293 e. The Bertz CT molecular complexity index is 986. The van der Waals surface area contributed by atoms with Crippen molar-refractivity contribution in [2.24, 2.45) is 0 Å². The molecule has 1 aliphatic heterocycles. The summed E-state index contributed by atoms with van der Waals surface area (Å²) in [4.78, 5) is 15.0. The molecule has 1 aromatic carbocycles. The van der Waals surface area contributed by atoms with Crippen LogP contribution in [0.3, 0.4) is 0 Å². The standard InChI is InChI=1S/C20H16F4N4/c21-16-2-1-8-25-18(16)12-28-9-7-17-14(11-28)10-26-19(27-17)13-3-5-15(6-4-13)20(22,23)24/h1-6,8,10H,7,9,11-12H2. The van der Waals surface area contributed by atoms with Gasteiger partial charge < -0.3 is 0 Å². The second kappa shape index (κ2) is 7.27. The molecule has 3 heterocycles. The number of pyridine rings is 1. The Morgan fingerprint density at radius 2 is 1.82 bits per heavy atom. The van der Waals surface area contributed by atoms with Crippen LogP contribution in [0.15, 0.2) is 48.8 Å². The van der Waals surface area contributed by atoms with Crippen LogP contribution in [0.25, 0.3) is 11.4 Å². The summed E-state index contributed by atoms with van der Waals surface area (Å²) in [6.45, 7) is 1.65. The molecule has 0 N–H and O–H groups in total. The average molecular weight is 388 g/mol. The second-order valence-electron chi connectivity index (χ2n) is 6.63. The van der Waals surface area contributed by atoms with E-state index < -0.39 is 11.7 Å². The van der Waals surface area contributed by atoms with E-state index in [1.807, 2.05) is 0 Å². The van der Waals surface area contributed by atoms with Gasteiger partial charge in [0.2, 0.25) is 0 Å². The van der Waals surface area contributed by atoms with E-state index in [9.17, 15) is 17.6 Å². The average Bonchev–Trinajstić information content (AvgIpc) is 2.69. The fraction of sp³-hybridized carbons (Fsp3) is 0.250. The molecule has 0 amide bonds. The minimum Gasteiger partial charge on any atom is -0.293 e. The molecular formula is C20H16F4N4. The first kappa shape index (κ1) is 18.5. The van der Waals surface area contributed by atoms with Crippen LogP contribution in [0.4, 0.5) is 17.6 Å². The number of nitrogens with zero attached hydrogens (tertiary/aromatic N) is 4. The van der Waals surface area contributed by atoms with Crippen molar-refractivity contribution < 1.29 is 17.6 Å². The van der Waals surface area contributed by atoms with Crippen LogP contribution in [0.2, 0.25) is 0 Å². The lowest BCUT2D eigenvalue weighted by Crippen LogP contribution is -2.31. The highest BCUT2D eigenvalue weighted by Crippen LogP contribution is 2.30. The van der Waals surface area contributed by atoms with Crippen LogP contribution in [0, 0.1) is 5.82 Å². The molecule has 0 unspecified atom stereocenters. The maximum absolute atomic E-state index is 13.8. The van der Waals surface area contributed by atoms with Crippen molar-refractivity contribution in [3.63, 3.8) is 0 Å². The van der Waals surface area contributed by atoms with Crippen LogP contribution >= 0.6 is 0 Å². The summed E-state index contributed by atoms with van der Waals surface area (Å²) < 4.78 is 51.9. The largest absolute Gasteiger partial charge is 0.416 e. The van der Waals surface area contributed by atoms with Gasteiger partial charge in [-0.05, 0) is 24.3 Å². The monoisotopic (exact) mass is 388 g/mol. The third-order valence-corrected chi connectivity index (χ3v) is 4.69. The number of halogens is 4. The van der Waals surface area contributed by atoms with E-state index in [-0.39, 0.29) is 5.82 Å². The number of rotatable bonds is 3. The normalized spacial score (nSPS) is 14.7. The molecule has 4 nitrogen and oxygen atoms in total. The molecule has 144 valence electrons. The first-order valence-corrected chi connectivity index (χ1v) is 8.74. The van der Waals surface area contributed by atoms with Gasteiger partial charge in [0.25, 0.3) is 0 Å². The Kier molecular flexibility index (Phi) is 4.80. The third-order valence-electron chi connectivity index (χ3n) is 4.69. The van der Waals surface area contributed by atoms with E-state index in [1.54, 1.807) is 18.5 Å². The van der Waals surface area contributed by atoms with Gasteiger partial charge in [-0.2, -0.15) is 13.2 Å². The Balaban J connectivity index is 1.50. The van der Waals surface area contributed by atoms with Gasteiger partial charge in [-0.25, -0.2) is 14.4 Å². The van der Waals surface area contributed by atoms with E-state index in [0.29, 0.717) is 43.1 Å². The van der Waals surface area contributed by atoms with Gasteiger partial charge in [0.05, 0.1) is 17.0 Å². The Morgan fingerprint density at radius 3 is 2.54 bits per heavy atom. The van der Waals surface area contributed by atoms with Crippen molar-refractivity contribution in [1.82, 2.24) is 19.9 Å². The SMILES string of the molecule is Fc1cccnc1CN1CCc2nc(-c3ccc(C(F)(F)F)cc3)ncc2C1. The number of alkyl halides is 3. The van der Waals surface area contributed by atoms with Crippen molar-refractivity contribution in [2.45, 2.75) is 25.7 Å². The lowest BCUT2D eigenvalue weighted by atomic mass is 10.1. The molecule has 2 aromatic heterocycles. The van der Waals surface area contributed by atoms with E-state index in [2.05, 4.69) is 19.9 Å². The van der Waals surface area contributed by atoms with Crippen molar-refractivity contribution in [2.75, 3.05) is 6.54 Å². The zero-order valence-corrected chi connectivity index (χ0v) is 14.7. The van der Waals surface area contributed by atoms with Gasteiger partial charge >= 0.3 is 6.18 Å². The lowest BCUT2D eigenvalue weighted by Gasteiger charge is -2.27. The number of hydrogen-bond acceptors (Lipinski definition) is 4. The van der Waals surface area contributed by atoms with E-state index in [0.717, 1.165) is 23.4 Å². The molecule has 0 saturated heterocycles. The molecule has 0 spiro atoms. The summed E-state index contributed by atoms with van der Waals surface area (Å²) >= 11 is 0. The van der Waals surface area contributed by atoms with Crippen molar-refractivity contribution in [1.29, 1.82) is 0 Å². The van der Waals surface area contributed by atoms with Gasteiger partial charge in [0.15, 0.2) is 5.82 Å². The van der Waals surface area contributed by atoms with Crippen LogP contribution in [0.1, 0.15) is 22.5 Å². The molecule has 8 heteroatoms. The lowest BCUT2D eigenvalue weighted by molar-refractivity contribution is -0.137. The van der Waals surface area contributed by atoms with Crippen LogP contribution < -0.4 is 0 Å². The predicted molar refractivity (Wildman–Crippen MR) is 94.5 cm³/mol. The van der Waals surface area contributed by atoms with Crippen LogP contribution in [-0.2, 0) is 25.7 Å². The summed E-state index contributed by atoms with van der Waals surface area (Å²) in [6, 6.07) is 7.76. The number of aromatic nitrogens is 3. The molecule has 1 aliphatic rings. The van der Waals surface area contributed by atoms with Crippen molar-refractivity contribution in [3.8, 4) is 11.4 Å². The summed E-state index contributed by atoms with van der Waals surface area (Å²) in [5, 5.41) is 0. The van der Waals surface area contributed by atoms with Gasteiger partial charge in [-0.15, -0.1) is 0 Å². The molecule has 0 aliphatic carbocycles. The molecule has 0 atom stereocenters. The molecule has 4 rings (SSSR count). The minimum absolute atomic E-state index is 0.331. The second-order valence-corrected chi connectivity index (χ2v) is 6.63. The fourth-order valence-corrected chi connectivity index (χ4v) is 3.20. The highest BCUT2D eigenvalue weighted by Gasteiger charge is 2.30. The van der Waals surface area contributed by atoms with E-state index >= 15 is 0 Å². The summed E-state index contributed by atoms with van der Waals surface area (Å²) in [5.74, 6) is 0.0684. The molecular weight excluding hydrogens is 372 g/mol. The van der Waals surface area contributed by atoms with Gasteiger partial charge in [-0.3, -0.25) is 9.88 Å². The molecule has 0 radical (unpaired) electrons. The van der Waals surface area contributed by atoms with E-state index in [4.69, 9.17) is 0 Å². The molecule has 28 heavy (non-hydrogen) atoms. The highest BCUT2D eigenvalue weighted by molar-refractivity contribution is 5.56. The Labute approximate surface area is 158 Å². The Morgan fingerprint density at radius 1 is 1.04 bits per heavy atom. The summed E-state index contributed by atoms with van der Waals surface area (Å²) in [6.07, 6.45) is -0.461. The molecule has 0 fully saturated rings. The van der Waals surface area contributed by atoms with Crippen molar-refractivity contribution in [3.05, 3.63) is 77.1 Å². The third kappa shape index (κ3) is 3.87. The molecule has 0 saturated carbocycles.